The SMILES string of the molecule is COc1cc(-c2c(C)noc2C)cc2c1OCC1C2Nc2ccc(-c3cnco3)cc2C1(C)C. The molecule has 174 valence electrons. The van der Waals surface area contributed by atoms with Crippen LogP contribution in [0.2, 0.25) is 0 Å². The molecule has 4 heterocycles. The molecule has 0 spiro atoms. The number of nitrogens with zero attached hydrogens (tertiary/aromatic N) is 2. The van der Waals surface area contributed by atoms with E-state index in [1.807, 2.05) is 19.9 Å². The first-order valence-corrected chi connectivity index (χ1v) is 11.5. The van der Waals surface area contributed by atoms with E-state index in [0.717, 1.165) is 56.7 Å². The van der Waals surface area contributed by atoms with Crippen LogP contribution in [-0.2, 0) is 5.41 Å². The Bertz CT molecular complexity index is 1370. The molecule has 6 rings (SSSR count). The lowest BCUT2D eigenvalue weighted by Gasteiger charge is -2.48. The molecule has 2 atom stereocenters. The van der Waals surface area contributed by atoms with Gasteiger partial charge in [0.15, 0.2) is 23.7 Å². The number of aromatic nitrogens is 2. The second-order valence-electron chi connectivity index (χ2n) is 9.68. The Balaban J connectivity index is 1.49. The summed E-state index contributed by atoms with van der Waals surface area (Å²) in [5.41, 5.74) is 7.18. The number of fused-ring (bicyclic) bond motifs is 4. The number of methoxy groups -OCH3 is 1. The van der Waals surface area contributed by atoms with Crippen LogP contribution >= 0.6 is 0 Å². The van der Waals surface area contributed by atoms with Crippen molar-refractivity contribution in [2.75, 3.05) is 19.0 Å². The van der Waals surface area contributed by atoms with Gasteiger partial charge in [0.25, 0.3) is 0 Å². The van der Waals surface area contributed by atoms with Crippen molar-refractivity contribution in [3.8, 4) is 33.9 Å². The number of anilines is 1. The number of oxazole rings is 1. The maximum Gasteiger partial charge on any atom is 0.181 e. The van der Waals surface area contributed by atoms with Crippen LogP contribution in [0.25, 0.3) is 22.5 Å². The fraction of sp³-hybridized carbons (Fsp3) is 0.333. The molecule has 7 nitrogen and oxygen atoms in total. The number of ether oxygens (including phenoxy) is 2. The molecule has 0 aliphatic carbocycles. The zero-order chi connectivity index (χ0) is 23.6. The minimum absolute atomic E-state index is 0.0664. The van der Waals surface area contributed by atoms with E-state index in [1.165, 1.54) is 12.0 Å². The van der Waals surface area contributed by atoms with Crippen LogP contribution in [0.15, 0.2) is 51.9 Å². The summed E-state index contributed by atoms with van der Waals surface area (Å²) in [6.07, 6.45) is 3.21. The summed E-state index contributed by atoms with van der Waals surface area (Å²) in [4.78, 5) is 4.07. The summed E-state index contributed by atoms with van der Waals surface area (Å²) in [5.74, 6) is 3.28. The maximum absolute atomic E-state index is 6.37. The normalized spacial score (nSPS) is 19.9. The van der Waals surface area contributed by atoms with E-state index in [-0.39, 0.29) is 17.4 Å². The predicted octanol–water partition coefficient (Wildman–Crippen LogP) is 6.08. The van der Waals surface area contributed by atoms with Gasteiger partial charge in [-0.15, -0.1) is 0 Å². The molecule has 2 aromatic heterocycles. The first-order chi connectivity index (χ1) is 16.4. The third kappa shape index (κ3) is 2.96. The summed E-state index contributed by atoms with van der Waals surface area (Å²) < 4.78 is 23.1. The maximum atomic E-state index is 6.37. The fourth-order valence-electron chi connectivity index (χ4n) is 5.57. The van der Waals surface area contributed by atoms with Gasteiger partial charge in [-0.25, -0.2) is 4.98 Å². The minimum atomic E-state index is -0.148. The van der Waals surface area contributed by atoms with Crippen LogP contribution < -0.4 is 14.8 Å². The molecule has 0 radical (unpaired) electrons. The van der Waals surface area contributed by atoms with Gasteiger partial charge in [0.2, 0.25) is 0 Å². The van der Waals surface area contributed by atoms with Crippen molar-refractivity contribution in [3.63, 3.8) is 0 Å². The highest BCUT2D eigenvalue weighted by Crippen LogP contribution is 2.55. The van der Waals surface area contributed by atoms with Crippen LogP contribution in [0.4, 0.5) is 5.69 Å². The summed E-state index contributed by atoms with van der Waals surface area (Å²) in [7, 11) is 1.68. The Hall–Kier alpha value is -3.74. The van der Waals surface area contributed by atoms with Gasteiger partial charge in [-0.3, -0.25) is 0 Å². The van der Waals surface area contributed by atoms with Gasteiger partial charge in [0.05, 0.1) is 31.6 Å². The standard InChI is InChI=1S/C27H27N3O4/c1-14-24(15(2)34-30-14)17-8-18-25-20(12-32-26(18)22(10-17)31-5)27(3,4)19-9-16(6-7-21(19)29-25)23-11-28-13-33-23/h6-11,13,20,25,29H,12H2,1-5H3. The Morgan fingerprint density at radius 1 is 1.12 bits per heavy atom. The van der Waals surface area contributed by atoms with Gasteiger partial charge in [-0.2, -0.15) is 0 Å². The number of hydrogen-bond donors (Lipinski definition) is 1. The van der Waals surface area contributed by atoms with Gasteiger partial charge >= 0.3 is 0 Å². The smallest absolute Gasteiger partial charge is 0.181 e. The largest absolute Gasteiger partial charge is 0.493 e. The Morgan fingerprint density at radius 2 is 1.97 bits per heavy atom. The van der Waals surface area contributed by atoms with Crippen molar-refractivity contribution in [3.05, 3.63) is 65.5 Å². The Labute approximate surface area is 198 Å². The van der Waals surface area contributed by atoms with Crippen molar-refractivity contribution in [1.82, 2.24) is 10.1 Å². The highest BCUT2D eigenvalue weighted by Gasteiger charge is 2.47. The van der Waals surface area contributed by atoms with Gasteiger partial charge in [-0.05, 0) is 55.3 Å². The lowest BCUT2D eigenvalue weighted by molar-refractivity contribution is 0.131. The van der Waals surface area contributed by atoms with Crippen LogP contribution in [0.3, 0.4) is 0 Å². The molecule has 1 N–H and O–H groups in total. The van der Waals surface area contributed by atoms with Crippen LogP contribution in [0, 0.1) is 19.8 Å². The van der Waals surface area contributed by atoms with Crippen LogP contribution in [-0.4, -0.2) is 23.9 Å². The first-order valence-electron chi connectivity index (χ1n) is 11.5. The van der Waals surface area contributed by atoms with Crippen molar-refractivity contribution in [2.45, 2.75) is 39.2 Å². The molecule has 4 aromatic rings. The molecule has 0 fully saturated rings. The van der Waals surface area contributed by atoms with E-state index in [4.69, 9.17) is 18.4 Å². The second-order valence-corrected chi connectivity index (χ2v) is 9.68. The van der Waals surface area contributed by atoms with Gasteiger partial charge in [-0.1, -0.05) is 19.0 Å². The summed E-state index contributed by atoms with van der Waals surface area (Å²) in [5, 5.41) is 7.96. The quantitative estimate of drug-likeness (QED) is 0.399. The molecule has 0 bridgehead atoms. The summed E-state index contributed by atoms with van der Waals surface area (Å²) in [6, 6.07) is 10.7. The molecule has 0 amide bonds. The third-order valence-electron chi connectivity index (χ3n) is 7.44. The molecule has 34 heavy (non-hydrogen) atoms. The minimum Gasteiger partial charge on any atom is -0.493 e. The molecular formula is C27H27N3O4. The second kappa shape index (κ2) is 7.38. The molecule has 0 saturated heterocycles. The van der Waals surface area contributed by atoms with Gasteiger partial charge in [0, 0.05) is 33.7 Å². The monoisotopic (exact) mass is 457 g/mol. The van der Waals surface area contributed by atoms with Crippen molar-refractivity contribution in [1.29, 1.82) is 0 Å². The third-order valence-corrected chi connectivity index (χ3v) is 7.44. The number of benzene rings is 2. The topological polar surface area (TPSA) is 82.6 Å². The lowest BCUT2D eigenvalue weighted by Crippen LogP contribution is -2.46. The highest BCUT2D eigenvalue weighted by molar-refractivity contribution is 5.74. The molecule has 2 aliphatic rings. The average molecular weight is 458 g/mol. The molecule has 0 saturated carbocycles. The van der Waals surface area contributed by atoms with E-state index in [1.54, 1.807) is 13.3 Å². The van der Waals surface area contributed by atoms with Crippen molar-refractivity contribution < 1.29 is 18.4 Å². The van der Waals surface area contributed by atoms with Gasteiger partial charge < -0.3 is 23.7 Å². The molecule has 2 unspecified atom stereocenters. The molecule has 2 aromatic carbocycles. The number of aryl methyl sites for hydroxylation is 2. The van der Waals surface area contributed by atoms with E-state index in [2.05, 4.69) is 53.6 Å². The Morgan fingerprint density at radius 3 is 2.68 bits per heavy atom. The van der Waals surface area contributed by atoms with Crippen molar-refractivity contribution in [2.24, 2.45) is 5.92 Å². The fourth-order valence-corrected chi connectivity index (χ4v) is 5.57. The van der Waals surface area contributed by atoms with E-state index < -0.39 is 0 Å². The van der Waals surface area contributed by atoms with E-state index in [9.17, 15) is 0 Å². The van der Waals surface area contributed by atoms with Crippen LogP contribution in [0.1, 0.15) is 42.5 Å². The van der Waals surface area contributed by atoms with Gasteiger partial charge in [0.1, 0.15) is 5.76 Å². The Kier molecular flexibility index (Phi) is 4.52. The zero-order valence-electron chi connectivity index (χ0n) is 19.9. The van der Waals surface area contributed by atoms with E-state index >= 15 is 0 Å². The number of hydrogen-bond acceptors (Lipinski definition) is 7. The number of nitrogens with one attached hydrogen (secondary N) is 1. The van der Waals surface area contributed by atoms with E-state index in [0.29, 0.717) is 6.61 Å². The molecule has 2 aliphatic heterocycles. The zero-order valence-corrected chi connectivity index (χ0v) is 19.9. The molecular weight excluding hydrogens is 430 g/mol. The average Bonchev–Trinajstić information content (AvgIpc) is 3.48. The number of rotatable bonds is 3. The van der Waals surface area contributed by atoms with Crippen molar-refractivity contribution >= 4 is 5.69 Å². The predicted molar refractivity (Wildman–Crippen MR) is 128 cm³/mol. The summed E-state index contributed by atoms with van der Waals surface area (Å²) in [6.45, 7) is 9.06. The summed E-state index contributed by atoms with van der Waals surface area (Å²) >= 11 is 0. The highest BCUT2D eigenvalue weighted by atomic mass is 16.5. The molecule has 7 heteroatoms. The lowest BCUT2D eigenvalue weighted by atomic mass is 9.65. The van der Waals surface area contributed by atoms with Crippen LogP contribution in [0.5, 0.6) is 11.5 Å². The first kappa shape index (κ1) is 20.8.